The zero-order valence-corrected chi connectivity index (χ0v) is 20.5. The molecule has 35 heavy (non-hydrogen) atoms. The lowest BCUT2D eigenvalue weighted by Gasteiger charge is -2.19. The number of nitriles is 1. The van der Waals surface area contributed by atoms with Crippen molar-refractivity contribution in [2.24, 2.45) is 0 Å². The number of ether oxygens (including phenoxy) is 1. The van der Waals surface area contributed by atoms with Crippen LogP contribution in [0.25, 0.3) is 0 Å². The second-order valence-corrected chi connectivity index (χ2v) is 9.35. The number of rotatable bonds is 7. The van der Waals surface area contributed by atoms with Crippen LogP contribution in [0.3, 0.4) is 0 Å². The normalized spacial score (nSPS) is 16.7. The van der Waals surface area contributed by atoms with E-state index in [0.717, 1.165) is 11.1 Å². The molecule has 1 N–H and O–H groups in total. The summed E-state index contributed by atoms with van der Waals surface area (Å²) < 4.78 is 10.5. The third kappa shape index (κ3) is 5.26. The highest BCUT2D eigenvalue weighted by Crippen LogP contribution is 2.42. The molecule has 2 aromatic carbocycles. The van der Waals surface area contributed by atoms with Crippen LogP contribution in [0.4, 0.5) is 5.69 Å². The highest BCUT2D eigenvalue weighted by atomic mass is 32.2. The van der Waals surface area contributed by atoms with E-state index < -0.39 is 11.2 Å². The van der Waals surface area contributed by atoms with E-state index in [1.807, 2.05) is 32.0 Å². The molecule has 2 heterocycles. The summed E-state index contributed by atoms with van der Waals surface area (Å²) in [7, 11) is 1.56. The second kappa shape index (κ2) is 10.5. The van der Waals surface area contributed by atoms with E-state index in [2.05, 4.69) is 11.4 Å². The number of benzene rings is 2. The first-order chi connectivity index (χ1) is 16.9. The van der Waals surface area contributed by atoms with Crippen molar-refractivity contribution >= 4 is 29.3 Å². The molecule has 178 valence electrons. The fourth-order valence-corrected chi connectivity index (χ4v) is 5.08. The number of hydrogen-bond acceptors (Lipinski definition) is 6. The summed E-state index contributed by atoms with van der Waals surface area (Å²) in [6.45, 7) is 4.22. The minimum absolute atomic E-state index is 0.117. The average molecular weight is 488 g/mol. The standard InChI is InChI=1S/C27H25N3O4S/c1-17-6-7-19(13-18(17)2)14-24-26(32)30(20-8-10-21(33-3)11-9-20)27(35-24)23(15-28)25(31)29-16-22-5-4-12-34-22/h4-13,24H,14,16H2,1-3H3,(H,29,31)/b27-23-. The first kappa shape index (κ1) is 24.2. The molecule has 0 spiro atoms. The van der Waals surface area contributed by atoms with Gasteiger partial charge in [-0.15, -0.1) is 0 Å². The minimum Gasteiger partial charge on any atom is -0.497 e. The van der Waals surface area contributed by atoms with Crippen LogP contribution in [0.15, 0.2) is 75.9 Å². The fraction of sp³-hybridized carbons (Fsp3) is 0.222. The van der Waals surface area contributed by atoms with E-state index >= 15 is 0 Å². The van der Waals surface area contributed by atoms with Crippen LogP contribution in [-0.4, -0.2) is 24.2 Å². The van der Waals surface area contributed by atoms with Gasteiger partial charge in [-0.2, -0.15) is 5.26 Å². The molecule has 1 aliphatic heterocycles. The Labute approximate surface area is 208 Å². The quantitative estimate of drug-likeness (QED) is 0.385. The zero-order chi connectivity index (χ0) is 24.9. The Kier molecular flexibility index (Phi) is 7.28. The van der Waals surface area contributed by atoms with E-state index in [1.165, 1.54) is 28.5 Å². The Balaban J connectivity index is 1.68. The van der Waals surface area contributed by atoms with Crippen molar-refractivity contribution in [2.75, 3.05) is 12.0 Å². The lowest BCUT2D eigenvalue weighted by Crippen LogP contribution is -2.32. The monoisotopic (exact) mass is 487 g/mol. The predicted molar refractivity (Wildman–Crippen MR) is 135 cm³/mol. The summed E-state index contributed by atoms with van der Waals surface area (Å²) in [6, 6.07) is 18.6. The summed E-state index contributed by atoms with van der Waals surface area (Å²) in [5.41, 5.74) is 3.80. The average Bonchev–Trinajstić information content (AvgIpc) is 3.49. The van der Waals surface area contributed by atoms with Gasteiger partial charge in [0.2, 0.25) is 5.91 Å². The van der Waals surface area contributed by atoms with Crippen molar-refractivity contribution in [3.8, 4) is 11.8 Å². The van der Waals surface area contributed by atoms with Crippen LogP contribution in [0, 0.1) is 25.2 Å². The molecule has 0 saturated carbocycles. The van der Waals surface area contributed by atoms with Crippen molar-refractivity contribution in [1.29, 1.82) is 5.26 Å². The van der Waals surface area contributed by atoms with Crippen molar-refractivity contribution in [3.05, 3.63) is 93.9 Å². The summed E-state index contributed by atoms with van der Waals surface area (Å²) >= 11 is 1.24. The van der Waals surface area contributed by atoms with Crippen LogP contribution < -0.4 is 15.0 Å². The third-order valence-corrected chi connectivity index (χ3v) is 7.09. The number of carbonyl (C=O) groups excluding carboxylic acids is 2. The molecule has 1 fully saturated rings. The Morgan fingerprint density at radius 3 is 2.57 bits per heavy atom. The van der Waals surface area contributed by atoms with Gasteiger partial charge >= 0.3 is 0 Å². The van der Waals surface area contributed by atoms with Gasteiger partial charge in [-0.25, -0.2) is 0 Å². The van der Waals surface area contributed by atoms with Gasteiger partial charge in [0.15, 0.2) is 0 Å². The number of carbonyl (C=O) groups is 2. The minimum atomic E-state index is -0.565. The topological polar surface area (TPSA) is 95.6 Å². The second-order valence-electron chi connectivity index (χ2n) is 8.15. The molecule has 1 atom stereocenters. The van der Waals surface area contributed by atoms with Gasteiger partial charge in [-0.05, 0) is 73.4 Å². The van der Waals surface area contributed by atoms with Gasteiger partial charge in [-0.3, -0.25) is 14.5 Å². The number of nitrogens with zero attached hydrogens (tertiary/aromatic N) is 2. The van der Waals surface area contributed by atoms with Gasteiger partial charge in [0, 0.05) is 5.69 Å². The number of nitrogens with one attached hydrogen (secondary N) is 1. The number of hydrogen-bond donors (Lipinski definition) is 1. The maximum Gasteiger partial charge on any atom is 0.265 e. The van der Waals surface area contributed by atoms with Gasteiger partial charge < -0.3 is 14.5 Å². The summed E-state index contributed by atoms with van der Waals surface area (Å²) in [5.74, 6) is 0.460. The number of anilines is 1. The lowest BCUT2D eigenvalue weighted by atomic mass is 10.0. The Morgan fingerprint density at radius 1 is 1.17 bits per heavy atom. The molecule has 1 aliphatic rings. The van der Waals surface area contributed by atoms with Crippen LogP contribution in [-0.2, 0) is 22.6 Å². The number of thioether (sulfide) groups is 1. The van der Waals surface area contributed by atoms with Gasteiger partial charge in [0.1, 0.15) is 28.2 Å². The predicted octanol–water partition coefficient (Wildman–Crippen LogP) is 4.65. The molecule has 0 radical (unpaired) electrons. The third-order valence-electron chi connectivity index (χ3n) is 5.83. The molecule has 4 rings (SSSR count). The smallest absolute Gasteiger partial charge is 0.265 e. The zero-order valence-electron chi connectivity index (χ0n) is 19.7. The molecule has 1 saturated heterocycles. The summed E-state index contributed by atoms with van der Waals surface area (Å²) in [6.07, 6.45) is 1.99. The van der Waals surface area contributed by atoms with Crippen LogP contribution >= 0.6 is 11.8 Å². The number of furan rings is 1. The number of amides is 2. The number of methoxy groups -OCH3 is 1. The summed E-state index contributed by atoms with van der Waals surface area (Å²) in [5, 5.41) is 12.5. The molecule has 1 unspecified atom stereocenters. The Bertz CT molecular complexity index is 1310. The van der Waals surface area contributed by atoms with Crippen LogP contribution in [0.2, 0.25) is 0 Å². The Hall–Kier alpha value is -3.96. The molecule has 0 bridgehead atoms. The first-order valence-corrected chi connectivity index (χ1v) is 11.9. The maximum absolute atomic E-state index is 13.6. The van der Waals surface area contributed by atoms with Crippen molar-refractivity contribution < 1.29 is 18.7 Å². The molecule has 8 heteroatoms. The largest absolute Gasteiger partial charge is 0.497 e. The van der Waals surface area contributed by atoms with E-state index in [4.69, 9.17) is 9.15 Å². The summed E-state index contributed by atoms with van der Waals surface area (Å²) in [4.78, 5) is 28.0. The van der Waals surface area contributed by atoms with E-state index in [0.29, 0.717) is 28.6 Å². The highest BCUT2D eigenvalue weighted by molar-refractivity contribution is 8.05. The molecule has 7 nitrogen and oxygen atoms in total. The van der Waals surface area contributed by atoms with E-state index in [1.54, 1.807) is 43.5 Å². The molecule has 2 amide bonds. The number of aryl methyl sites for hydroxylation is 2. The SMILES string of the molecule is COc1ccc(N2C(=O)C(Cc3ccc(C)c(C)c3)S/C2=C(/C#N)C(=O)NCc2ccco2)cc1. The van der Waals surface area contributed by atoms with E-state index in [-0.39, 0.29) is 18.0 Å². The van der Waals surface area contributed by atoms with Crippen LogP contribution in [0.5, 0.6) is 5.75 Å². The van der Waals surface area contributed by atoms with Gasteiger partial charge in [-0.1, -0.05) is 30.0 Å². The Morgan fingerprint density at radius 2 is 1.94 bits per heavy atom. The fourth-order valence-electron chi connectivity index (χ4n) is 3.77. The lowest BCUT2D eigenvalue weighted by molar-refractivity contribution is -0.117. The van der Waals surface area contributed by atoms with Crippen LogP contribution in [0.1, 0.15) is 22.5 Å². The van der Waals surface area contributed by atoms with Crippen molar-refractivity contribution in [2.45, 2.75) is 32.1 Å². The molecule has 3 aromatic rings. The molecule has 0 aliphatic carbocycles. The van der Waals surface area contributed by atoms with Gasteiger partial charge in [0.05, 0.1) is 25.2 Å². The molecule has 1 aromatic heterocycles. The molecular formula is C27H25N3O4S. The van der Waals surface area contributed by atoms with E-state index in [9.17, 15) is 14.9 Å². The first-order valence-electron chi connectivity index (χ1n) is 11.1. The van der Waals surface area contributed by atoms with Gasteiger partial charge in [0.25, 0.3) is 5.91 Å². The van der Waals surface area contributed by atoms with Crippen molar-refractivity contribution in [3.63, 3.8) is 0 Å². The molecular weight excluding hydrogens is 462 g/mol. The van der Waals surface area contributed by atoms with Crippen molar-refractivity contribution in [1.82, 2.24) is 5.32 Å². The highest BCUT2D eigenvalue weighted by Gasteiger charge is 2.40. The maximum atomic E-state index is 13.6.